The van der Waals surface area contributed by atoms with Crippen LogP contribution in [-0.4, -0.2) is 22.5 Å². The number of carbonyl (C=O) groups is 2. The van der Waals surface area contributed by atoms with E-state index in [1.807, 2.05) is 20.8 Å². The van der Waals surface area contributed by atoms with Gasteiger partial charge in [-0.15, -0.1) is 0 Å². The minimum atomic E-state index is -1.18. The normalized spacial score (nSPS) is 11.3. The maximum absolute atomic E-state index is 12.0. The molecule has 0 atom stereocenters. The molecule has 0 saturated heterocycles. The minimum Gasteiger partial charge on any atom is -0.475 e. The zero-order valence-electron chi connectivity index (χ0n) is 10.9. The summed E-state index contributed by atoms with van der Waals surface area (Å²) in [5, 5.41) is 11.6. The van der Waals surface area contributed by atoms with E-state index in [0.29, 0.717) is 0 Å². The molecule has 2 N–H and O–H groups in total. The van der Waals surface area contributed by atoms with Gasteiger partial charge in [-0.25, -0.2) is 4.79 Å². The minimum absolute atomic E-state index is 0.0344. The second-order valence-electron chi connectivity index (χ2n) is 4.26. The average Bonchev–Trinajstić information content (AvgIpc) is 2.86. The first kappa shape index (κ1) is 14.3. The van der Waals surface area contributed by atoms with Crippen LogP contribution < -0.4 is 5.32 Å². The fraction of sp³-hybridized carbons (Fsp3) is 0.538. The Kier molecular flexibility index (Phi) is 4.53. The lowest BCUT2D eigenvalue weighted by molar-refractivity contribution is 0.0658. The molecule has 5 heteroatoms. The Morgan fingerprint density at radius 2 is 1.67 bits per heavy atom. The fourth-order valence-corrected chi connectivity index (χ4v) is 1.89. The number of hydrogen-bond donors (Lipinski definition) is 2. The summed E-state index contributed by atoms with van der Waals surface area (Å²) in [5.41, 5.74) is -0.257. The van der Waals surface area contributed by atoms with E-state index in [0.717, 1.165) is 19.3 Å². The standard InChI is InChI=1S/C13H19NO4/c1-4-13(5-2,6-3)14-11(15)9-7-8-10(18-9)12(16)17/h7-8H,4-6H2,1-3H3,(H,14,15)(H,16,17). The van der Waals surface area contributed by atoms with Crippen molar-refractivity contribution >= 4 is 11.9 Å². The van der Waals surface area contributed by atoms with Crippen molar-refractivity contribution in [2.45, 2.75) is 45.6 Å². The van der Waals surface area contributed by atoms with Crippen molar-refractivity contribution < 1.29 is 19.1 Å². The van der Waals surface area contributed by atoms with Crippen LogP contribution in [0.25, 0.3) is 0 Å². The van der Waals surface area contributed by atoms with Crippen LogP contribution in [-0.2, 0) is 0 Å². The third-order valence-electron chi connectivity index (χ3n) is 3.45. The lowest BCUT2D eigenvalue weighted by atomic mass is 9.90. The molecule has 0 aliphatic rings. The molecule has 5 nitrogen and oxygen atoms in total. The molecule has 0 aromatic carbocycles. The number of hydrogen-bond acceptors (Lipinski definition) is 3. The Bertz CT molecular complexity index is 424. The van der Waals surface area contributed by atoms with Crippen molar-refractivity contribution in [3.8, 4) is 0 Å². The van der Waals surface area contributed by atoms with E-state index in [4.69, 9.17) is 9.52 Å². The summed E-state index contributed by atoms with van der Waals surface area (Å²) >= 11 is 0. The molecule has 0 radical (unpaired) electrons. The predicted molar refractivity (Wildman–Crippen MR) is 66.7 cm³/mol. The van der Waals surface area contributed by atoms with Crippen LogP contribution in [0.1, 0.15) is 61.1 Å². The van der Waals surface area contributed by atoms with Crippen LogP contribution >= 0.6 is 0 Å². The van der Waals surface area contributed by atoms with Gasteiger partial charge in [0.2, 0.25) is 5.76 Å². The van der Waals surface area contributed by atoms with Crippen LogP contribution in [0.5, 0.6) is 0 Å². The van der Waals surface area contributed by atoms with Gasteiger partial charge in [0.1, 0.15) is 0 Å². The fourth-order valence-electron chi connectivity index (χ4n) is 1.89. The van der Waals surface area contributed by atoms with E-state index in [1.165, 1.54) is 12.1 Å². The first-order chi connectivity index (χ1) is 8.48. The maximum atomic E-state index is 12.0. The Morgan fingerprint density at radius 3 is 2.06 bits per heavy atom. The maximum Gasteiger partial charge on any atom is 0.371 e. The Labute approximate surface area is 106 Å². The van der Waals surface area contributed by atoms with E-state index in [2.05, 4.69) is 5.32 Å². The Hall–Kier alpha value is -1.78. The highest BCUT2D eigenvalue weighted by Crippen LogP contribution is 2.20. The van der Waals surface area contributed by atoms with E-state index in [1.54, 1.807) is 0 Å². The largest absolute Gasteiger partial charge is 0.475 e. The van der Waals surface area contributed by atoms with Crippen LogP contribution in [0.3, 0.4) is 0 Å². The van der Waals surface area contributed by atoms with Crippen molar-refractivity contribution in [2.24, 2.45) is 0 Å². The van der Waals surface area contributed by atoms with Crippen LogP contribution in [0.2, 0.25) is 0 Å². The quantitative estimate of drug-likeness (QED) is 0.816. The lowest BCUT2D eigenvalue weighted by Crippen LogP contribution is -2.47. The molecular formula is C13H19NO4. The first-order valence-corrected chi connectivity index (χ1v) is 6.13. The Morgan fingerprint density at radius 1 is 1.17 bits per heavy atom. The molecule has 1 heterocycles. The zero-order valence-corrected chi connectivity index (χ0v) is 10.9. The number of furan rings is 1. The summed E-state index contributed by atoms with van der Waals surface area (Å²) in [6.45, 7) is 6.04. The van der Waals surface area contributed by atoms with Crippen molar-refractivity contribution in [1.29, 1.82) is 0 Å². The monoisotopic (exact) mass is 253 g/mol. The van der Waals surface area contributed by atoms with Gasteiger partial charge in [0.25, 0.3) is 5.91 Å². The van der Waals surface area contributed by atoms with Crippen molar-refractivity contribution in [1.82, 2.24) is 5.32 Å². The molecule has 0 saturated carbocycles. The van der Waals surface area contributed by atoms with Crippen LogP contribution in [0.4, 0.5) is 0 Å². The number of carboxylic acid groups (broad SMARTS) is 1. The van der Waals surface area contributed by atoms with E-state index >= 15 is 0 Å². The van der Waals surface area contributed by atoms with Crippen molar-refractivity contribution in [2.75, 3.05) is 0 Å². The highest BCUT2D eigenvalue weighted by molar-refractivity contribution is 5.93. The molecule has 0 bridgehead atoms. The first-order valence-electron chi connectivity index (χ1n) is 6.13. The second kappa shape index (κ2) is 5.71. The molecule has 1 aromatic heterocycles. The third kappa shape index (κ3) is 2.91. The van der Waals surface area contributed by atoms with E-state index < -0.39 is 5.97 Å². The van der Waals surface area contributed by atoms with Gasteiger partial charge >= 0.3 is 5.97 Å². The highest BCUT2D eigenvalue weighted by Gasteiger charge is 2.27. The van der Waals surface area contributed by atoms with Crippen LogP contribution in [0.15, 0.2) is 16.5 Å². The van der Waals surface area contributed by atoms with Crippen LogP contribution in [0, 0.1) is 0 Å². The SMILES string of the molecule is CCC(CC)(CC)NC(=O)c1ccc(C(=O)O)o1. The van der Waals surface area contributed by atoms with Crippen molar-refractivity contribution in [3.05, 3.63) is 23.7 Å². The van der Waals surface area contributed by atoms with Crippen molar-refractivity contribution in [3.63, 3.8) is 0 Å². The summed E-state index contributed by atoms with van der Waals surface area (Å²) < 4.78 is 4.97. The van der Waals surface area contributed by atoms with Gasteiger partial charge in [-0.3, -0.25) is 4.79 Å². The Balaban J connectivity index is 2.84. The lowest BCUT2D eigenvalue weighted by Gasteiger charge is -2.31. The number of carboxylic acids is 1. The topological polar surface area (TPSA) is 79.5 Å². The molecular weight excluding hydrogens is 234 g/mol. The van der Waals surface area contributed by atoms with E-state index in [-0.39, 0.29) is 23.0 Å². The summed E-state index contributed by atoms with van der Waals surface area (Å²) in [4.78, 5) is 22.6. The molecule has 0 aliphatic heterocycles. The third-order valence-corrected chi connectivity index (χ3v) is 3.45. The van der Waals surface area contributed by atoms with Gasteiger partial charge in [-0.05, 0) is 31.4 Å². The second-order valence-corrected chi connectivity index (χ2v) is 4.26. The number of nitrogens with one attached hydrogen (secondary N) is 1. The average molecular weight is 253 g/mol. The molecule has 1 aromatic rings. The van der Waals surface area contributed by atoms with Gasteiger partial charge in [0.15, 0.2) is 5.76 Å². The molecule has 0 fully saturated rings. The number of aromatic carboxylic acids is 1. The summed E-state index contributed by atoms with van der Waals surface area (Å²) in [6, 6.07) is 2.66. The van der Waals surface area contributed by atoms with Gasteiger partial charge in [-0.1, -0.05) is 20.8 Å². The number of amides is 1. The van der Waals surface area contributed by atoms with E-state index in [9.17, 15) is 9.59 Å². The summed E-state index contributed by atoms with van der Waals surface area (Å²) in [5.74, 6) is -1.74. The molecule has 0 unspecified atom stereocenters. The van der Waals surface area contributed by atoms with Gasteiger partial charge in [0.05, 0.1) is 0 Å². The molecule has 18 heavy (non-hydrogen) atoms. The molecule has 0 aliphatic carbocycles. The smallest absolute Gasteiger partial charge is 0.371 e. The van der Waals surface area contributed by atoms with Gasteiger partial charge in [-0.2, -0.15) is 0 Å². The molecule has 100 valence electrons. The molecule has 0 spiro atoms. The van der Waals surface area contributed by atoms with Gasteiger partial charge in [0, 0.05) is 5.54 Å². The predicted octanol–water partition coefficient (Wildman–Crippen LogP) is 2.68. The number of rotatable bonds is 6. The molecule has 1 amide bonds. The summed E-state index contributed by atoms with van der Waals surface area (Å²) in [7, 11) is 0. The summed E-state index contributed by atoms with van der Waals surface area (Å²) in [6.07, 6.45) is 2.45. The zero-order chi connectivity index (χ0) is 13.8. The number of carbonyl (C=O) groups excluding carboxylic acids is 1. The highest BCUT2D eigenvalue weighted by atomic mass is 16.4. The molecule has 1 rings (SSSR count). The van der Waals surface area contributed by atoms with Gasteiger partial charge < -0.3 is 14.8 Å².